The molecule has 0 radical (unpaired) electrons. The minimum absolute atomic E-state index is 0.0143. The number of carbonyl (C=O) groups excluding carboxylic acids is 2. The summed E-state index contributed by atoms with van der Waals surface area (Å²) in [6, 6.07) is 7.33. The molecule has 102 valence electrons. The molecule has 19 heavy (non-hydrogen) atoms. The zero-order valence-electron chi connectivity index (χ0n) is 10.0. The van der Waals surface area contributed by atoms with Crippen LogP contribution in [-0.2, 0) is 9.59 Å². The molecule has 0 aliphatic rings. The minimum Gasteiger partial charge on any atom is -0.480 e. The Hall–Kier alpha value is -1.86. The Morgan fingerprint density at radius 2 is 1.89 bits per heavy atom. The molecule has 0 aliphatic heterocycles. The molecule has 0 saturated heterocycles. The number of rotatable bonds is 6. The van der Waals surface area contributed by atoms with E-state index in [-0.39, 0.29) is 11.5 Å². The van der Waals surface area contributed by atoms with Gasteiger partial charge >= 0.3 is 5.97 Å². The SMILES string of the molecule is NC(CSCC(=O)NC(=O)c1ccccc1)C(=O)O. The van der Waals surface area contributed by atoms with Crippen molar-refractivity contribution in [3.05, 3.63) is 35.9 Å². The van der Waals surface area contributed by atoms with Crippen molar-refractivity contribution in [2.45, 2.75) is 6.04 Å². The molecule has 7 heteroatoms. The van der Waals surface area contributed by atoms with Crippen molar-refractivity contribution in [2.75, 3.05) is 11.5 Å². The number of imide groups is 1. The normalized spacial score (nSPS) is 11.6. The van der Waals surface area contributed by atoms with Crippen LogP contribution in [0.4, 0.5) is 0 Å². The summed E-state index contributed by atoms with van der Waals surface area (Å²) in [6.45, 7) is 0. The summed E-state index contributed by atoms with van der Waals surface area (Å²) < 4.78 is 0. The number of benzene rings is 1. The molecule has 1 aromatic carbocycles. The molecule has 0 aromatic heterocycles. The highest BCUT2D eigenvalue weighted by atomic mass is 32.2. The second kappa shape index (κ2) is 7.55. The van der Waals surface area contributed by atoms with Gasteiger partial charge < -0.3 is 10.8 Å². The average Bonchev–Trinajstić information content (AvgIpc) is 2.39. The molecule has 1 rings (SSSR count). The fourth-order valence-electron chi connectivity index (χ4n) is 1.17. The molecule has 2 amide bonds. The summed E-state index contributed by atoms with van der Waals surface area (Å²) in [5.74, 6) is -1.97. The smallest absolute Gasteiger partial charge is 0.321 e. The van der Waals surface area contributed by atoms with Gasteiger partial charge in [-0.2, -0.15) is 0 Å². The molecule has 6 nitrogen and oxygen atoms in total. The van der Waals surface area contributed by atoms with Crippen molar-refractivity contribution in [3.63, 3.8) is 0 Å². The van der Waals surface area contributed by atoms with Gasteiger partial charge in [0, 0.05) is 11.3 Å². The molecular weight excluding hydrogens is 268 g/mol. The van der Waals surface area contributed by atoms with E-state index in [1.165, 1.54) is 0 Å². The topological polar surface area (TPSA) is 109 Å². The second-order valence-electron chi connectivity index (χ2n) is 3.70. The lowest BCUT2D eigenvalue weighted by Gasteiger charge is -2.06. The Morgan fingerprint density at radius 3 is 2.47 bits per heavy atom. The lowest BCUT2D eigenvalue weighted by molar-refractivity contribution is -0.138. The monoisotopic (exact) mass is 282 g/mol. The van der Waals surface area contributed by atoms with E-state index >= 15 is 0 Å². The van der Waals surface area contributed by atoms with E-state index in [0.717, 1.165) is 11.8 Å². The van der Waals surface area contributed by atoms with Gasteiger partial charge in [-0.25, -0.2) is 0 Å². The standard InChI is InChI=1S/C12H14N2O4S/c13-9(12(17)18)6-19-7-10(15)14-11(16)8-4-2-1-3-5-8/h1-5,9H,6-7,13H2,(H,17,18)(H,14,15,16). The van der Waals surface area contributed by atoms with Gasteiger partial charge in [0.25, 0.3) is 5.91 Å². The summed E-state index contributed by atoms with van der Waals surface area (Å²) in [5, 5.41) is 10.8. The highest BCUT2D eigenvalue weighted by molar-refractivity contribution is 8.00. The number of carboxylic acids is 1. The molecule has 4 N–H and O–H groups in total. The van der Waals surface area contributed by atoms with Crippen LogP contribution in [0.15, 0.2) is 30.3 Å². The molecule has 1 unspecified atom stereocenters. The van der Waals surface area contributed by atoms with Crippen LogP contribution in [0.5, 0.6) is 0 Å². The van der Waals surface area contributed by atoms with Gasteiger partial charge in [0.1, 0.15) is 6.04 Å². The maximum atomic E-state index is 11.6. The Labute approximate surface area is 114 Å². The van der Waals surface area contributed by atoms with Crippen LogP contribution in [0.25, 0.3) is 0 Å². The number of hydrogen-bond donors (Lipinski definition) is 3. The predicted octanol–water partition coefficient (Wildman–Crippen LogP) is 0.0881. The fraction of sp³-hybridized carbons (Fsp3) is 0.250. The lowest BCUT2D eigenvalue weighted by atomic mass is 10.2. The third-order valence-electron chi connectivity index (χ3n) is 2.14. The van der Waals surface area contributed by atoms with E-state index in [9.17, 15) is 14.4 Å². The van der Waals surface area contributed by atoms with Crippen LogP contribution in [0.3, 0.4) is 0 Å². The highest BCUT2D eigenvalue weighted by Crippen LogP contribution is 2.02. The maximum absolute atomic E-state index is 11.6. The molecule has 0 saturated carbocycles. The van der Waals surface area contributed by atoms with Crippen LogP contribution in [0, 0.1) is 0 Å². The first-order valence-corrected chi connectivity index (χ1v) is 6.61. The zero-order chi connectivity index (χ0) is 14.3. The molecule has 0 aliphatic carbocycles. The highest BCUT2D eigenvalue weighted by Gasteiger charge is 2.13. The van der Waals surface area contributed by atoms with Gasteiger partial charge in [0.05, 0.1) is 5.75 Å². The largest absolute Gasteiger partial charge is 0.480 e. The van der Waals surface area contributed by atoms with Crippen molar-refractivity contribution in [1.29, 1.82) is 0 Å². The van der Waals surface area contributed by atoms with Crippen LogP contribution in [0.1, 0.15) is 10.4 Å². The molecule has 0 heterocycles. The molecule has 0 bridgehead atoms. The van der Waals surface area contributed by atoms with Gasteiger partial charge in [0.15, 0.2) is 0 Å². The molecule has 0 spiro atoms. The first-order valence-electron chi connectivity index (χ1n) is 5.46. The van der Waals surface area contributed by atoms with Crippen molar-refractivity contribution in [3.8, 4) is 0 Å². The van der Waals surface area contributed by atoms with Gasteiger partial charge in [0.2, 0.25) is 5.91 Å². The third kappa shape index (κ3) is 5.54. The van der Waals surface area contributed by atoms with Gasteiger partial charge in [-0.1, -0.05) is 18.2 Å². The number of thioether (sulfide) groups is 1. The molecule has 0 fully saturated rings. The number of carboxylic acid groups (broad SMARTS) is 1. The van der Waals surface area contributed by atoms with Crippen molar-refractivity contribution in [1.82, 2.24) is 5.32 Å². The van der Waals surface area contributed by atoms with E-state index in [2.05, 4.69) is 5.32 Å². The first kappa shape index (κ1) is 15.2. The Bertz CT molecular complexity index is 464. The van der Waals surface area contributed by atoms with Crippen LogP contribution < -0.4 is 11.1 Å². The van der Waals surface area contributed by atoms with Crippen molar-refractivity contribution < 1.29 is 19.5 Å². The van der Waals surface area contributed by atoms with Gasteiger partial charge in [-0.3, -0.25) is 19.7 Å². The Morgan fingerprint density at radius 1 is 1.26 bits per heavy atom. The number of nitrogens with two attached hydrogens (primary N) is 1. The van der Waals surface area contributed by atoms with E-state index in [0.29, 0.717) is 5.56 Å². The summed E-state index contributed by atoms with van der Waals surface area (Å²) >= 11 is 1.06. The number of hydrogen-bond acceptors (Lipinski definition) is 5. The third-order valence-corrected chi connectivity index (χ3v) is 3.20. The maximum Gasteiger partial charge on any atom is 0.321 e. The van der Waals surface area contributed by atoms with Crippen LogP contribution >= 0.6 is 11.8 Å². The second-order valence-corrected chi connectivity index (χ2v) is 4.73. The van der Waals surface area contributed by atoms with E-state index in [1.54, 1.807) is 30.3 Å². The van der Waals surface area contributed by atoms with E-state index < -0.39 is 23.8 Å². The van der Waals surface area contributed by atoms with Crippen molar-refractivity contribution in [2.24, 2.45) is 5.73 Å². The summed E-state index contributed by atoms with van der Waals surface area (Å²) in [5.41, 5.74) is 5.67. The quantitative estimate of drug-likeness (QED) is 0.682. The zero-order valence-corrected chi connectivity index (χ0v) is 10.9. The van der Waals surface area contributed by atoms with Gasteiger partial charge in [-0.15, -0.1) is 11.8 Å². The van der Waals surface area contributed by atoms with E-state index in [4.69, 9.17) is 10.8 Å². The first-order chi connectivity index (χ1) is 9.00. The number of nitrogens with one attached hydrogen (secondary N) is 1. The molecule has 1 atom stereocenters. The Balaban J connectivity index is 2.32. The minimum atomic E-state index is -1.12. The average molecular weight is 282 g/mol. The van der Waals surface area contributed by atoms with Gasteiger partial charge in [-0.05, 0) is 12.1 Å². The van der Waals surface area contributed by atoms with Crippen molar-refractivity contribution >= 4 is 29.5 Å². The van der Waals surface area contributed by atoms with E-state index in [1.807, 2.05) is 0 Å². The number of aliphatic carboxylic acids is 1. The number of amides is 2. The fourth-order valence-corrected chi connectivity index (χ4v) is 1.95. The predicted molar refractivity (Wildman–Crippen MR) is 71.9 cm³/mol. The van der Waals surface area contributed by atoms with Crippen LogP contribution in [-0.4, -0.2) is 40.4 Å². The summed E-state index contributed by atoms with van der Waals surface area (Å²) in [4.78, 5) is 33.5. The van der Waals surface area contributed by atoms with Crippen LogP contribution in [0.2, 0.25) is 0 Å². The molecule has 1 aromatic rings. The molecular formula is C12H14N2O4S. The Kier molecular flexibility index (Phi) is 6.04. The summed E-state index contributed by atoms with van der Waals surface area (Å²) in [6.07, 6.45) is 0. The number of carbonyl (C=O) groups is 3. The lowest BCUT2D eigenvalue weighted by Crippen LogP contribution is -2.35. The summed E-state index contributed by atoms with van der Waals surface area (Å²) in [7, 11) is 0.